The normalized spacial score (nSPS) is 12.3. The molecule has 2 amide bonds. The molecular formula is C36H39Cl2N3O4S. The van der Waals surface area contributed by atoms with E-state index in [9.17, 15) is 18.0 Å². The van der Waals surface area contributed by atoms with Gasteiger partial charge in [0.1, 0.15) is 12.6 Å². The molecule has 1 atom stereocenters. The van der Waals surface area contributed by atoms with Gasteiger partial charge in [-0.2, -0.15) is 0 Å². The van der Waals surface area contributed by atoms with Gasteiger partial charge in [0.2, 0.25) is 11.8 Å². The van der Waals surface area contributed by atoms with Gasteiger partial charge in [0.05, 0.1) is 10.6 Å². The van der Waals surface area contributed by atoms with Crippen molar-refractivity contribution in [1.29, 1.82) is 0 Å². The summed E-state index contributed by atoms with van der Waals surface area (Å²) in [5.74, 6) is -0.988. The summed E-state index contributed by atoms with van der Waals surface area (Å²) < 4.78 is 29.6. The Labute approximate surface area is 282 Å². The summed E-state index contributed by atoms with van der Waals surface area (Å²) in [4.78, 5) is 30.1. The van der Waals surface area contributed by atoms with Gasteiger partial charge in [0.25, 0.3) is 10.0 Å². The Bertz CT molecular complexity index is 1770. The molecule has 1 unspecified atom stereocenters. The predicted octanol–water partition coefficient (Wildman–Crippen LogP) is 7.36. The van der Waals surface area contributed by atoms with Crippen LogP contribution in [0.25, 0.3) is 0 Å². The topological polar surface area (TPSA) is 86.8 Å². The van der Waals surface area contributed by atoms with Crippen molar-refractivity contribution in [2.45, 2.75) is 64.1 Å². The highest BCUT2D eigenvalue weighted by atomic mass is 35.5. The van der Waals surface area contributed by atoms with Crippen molar-refractivity contribution in [2.24, 2.45) is 0 Å². The average molecular weight is 681 g/mol. The number of anilines is 1. The van der Waals surface area contributed by atoms with Crippen LogP contribution in [-0.2, 0) is 32.6 Å². The van der Waals surface area contributed by atoms with Crippen LogP contribution in [0.2, 0.25) is 10.0 Å². The highest BCUT2D eigenvalue weighted by Crippen LogP contribution is 2.31. The maximum absolute atomic E-state index is 14.7. The second kappa shape index (κ2) is 14.7. The lowest BCUT2D eigenvalue weighted by Gasteiger charge is -2.36. The van der Waals surface area contributed by atoms with Crippen molar-refractivity contribution in [1.82, 2.24) is 10.2 Å². The van der Waals surface area contributed by atoms with E-state index in [1.54, 1.807) is 49.4 Å². The van der Waals surface area contributed by atoms with Crippen molar-refractivity contribution in [3.8, 4) is 0 Å². The maximum Gasteiger partial charge on any atom is 0.264 e. The summed E-state index contributed by atoms with van der Waals surface area (Å²) in [7, 11) is -4.21. The Hall–Kier alpha value is -3.85. The quantitative estimate of drug-likeness (QED) is 0.179. The molecule has 1 N–H and O–H groups in total. The van der Waals surface area contributed by atoms with Gasteiger partial charge in [-0.25, -0.2) is 8.42 Å². The maximum atomic E-state index is 14.7. The molecule has 7 nitrogen and oxygen atoms in total. The minimum absolute atomic E-state index is 0.0377. The number of halogens is 2. The van der Waals surface area contributed by atoms with Crippen molar-refractivity contribution < 1.29 is 18.0 Å². The standard InChI is InChI=1S/C36H39Cl2N3O4S/c1-25-19-20-26(2)32(21-25)41(46(44,45)28-15-10-7-11-16-28)24-34(42)40(23-29-30(37)17-12-18-31(29)38)33(35(43)39-36(3,4)5)22-27-13-8-6-9-14-27/h6-21,33H,22-24H2,1-5H3,(H,39,43). The fraction of sp³-hybridized carbons (Fsp3) is 0.278. The molecule has 0 aliphatic carbocycles. The second-order valence-electron chi connectivity index (χ2n) is 12.3. The van der Waals surface area contributed by atoms with E-state index in [-0.39, 0.29) is 17.9 Å². The van der Waals surface area contributed by atoms with E-state index in [1.165, 1.54) is 17.0 Å². The van der Waals surface area contributed by atoms with Gasteiger partial charge in [-0.15, -0.1) is 0 Å². The van der Waals surface area contributed by atoms with E-state index in [0.717, 1.165) is 15.4 Å². The summed E-state index contributed by atoms with van der Waals surface area (Å²) in [6, 6.07) is 26.8. The van der Waals surface area contributed by atoms with Crippen LogP contribution in [0.1, 0.15) is 43.0 Å². The molecule has 4 aromatic rings. The summed E-state index contributed by atoms with van der Waals surface area (Å²) in [5, 5.41) is 3.66. The first kappa shape index (κ1) is 35.0. The van der Waals surface area contributed by atoms with Gasteiger partial charge in [0, 0.05) is 34.1 Å². The number of amides is 2. The number of nitrogens with zero attached hydrogens (tertiary/aromatic N) is 2. The molecular weight excluding hydrogens is 641 g/mol. The van der Waals surface area contributed by atoms with E-state index >= 15 is 0 Å². The SMILES string of the molecule is Cc1ccc(C)c(N(CC(=O)N(Cc2c(Cl)cccc2Cl)C(Cc2ccccc2)C(=O)NC(C)(C)C)S(=O)(=O)c2ccccc2)c1. The van der Waals surface area contributed by atoms with Crippen molar-refractivity contribution in [3.63, 3.8) is 0 Å². The molecule has 0 saturated heterocycles. The van der Waals surface area contributed by atoms with Gasteiger partial charge < -0.3 is 10.2 Å². The van der Waals surface area contributed by atoms with Crippen LogP contribution in [0, 0.1) is 13.8 Å². The zero-order valence-corrected chi connectivity index (χ0v) is 29.0. The van der Waals surface area contributed by atoms with Crippen LogP contribution in [0.15, 0.2) is 102 Å². The number of carbonyl (C=O) groups is 2. The molecule has 0 heterocycles. The molecule has 0 aliphatic heterocycles. The zero-order chi connectivity index (χ0) is 33.6. The molecule has 0 saturated carbocycles. The number of hydrogen-bond acceptors (Lipinski definition) is 4. The average Bonchev–Trinajstić information content (AvgIpc) is 3.00. The van der Waals surface area contributed by atoms with Gasteiger partial charge in [-0.3, -0.25) is 13.9 Å². The van der Waals surface area contributed by atoms with Crippen LogP contribution in [0.5, 0.6) is 0 Å². The second-order valence-corrected chi connectivity index (χ2v) is 15.0. The number of benzene rings is 4. The molecule has 0 fully saturated rings. The molecule has 4 aromatic carbocycles. The minimum Gasteiger partial charge on any atom is -0.350 e. The third-order valence-electron chi connectivity index (χ3n) is 7.40. The highest BCUT2D eigenvalue weighted by Gasteiger charge is 2.36. The lowest BCUT2D eigenvalue weighted by molar-refractivity contribution is -0.140. The Balaban J connectivity index is 1.88. The fourth-order valence-corrected chi connectivity index (χ4v) is 7.09. The molecule has 10 heteroatoms. The van der Waals surface area contributed by atoms with Crippen LogP contribution in [-0.4, -0.2) is 43.3 Å². The predicted molar refractivity (Wildman–Crippen MR) is 186 cm³/mol. The highest BCUT2D eigenvalue weighted by molar-refractivity contribution is 7.92. The van der Waals surface area contributed by atoms with Crippen LogP contribution < -0.4 is 9.62 Å². The first-order valence-electron chi connectivity index (χ1n) is 14.9. The molecule has 0 aliphatic rings. The first-order valence-corrected chi connectivity index (χ1v) is 17.1. The van der Waals surface area contributed by atoms with Crippen LogP contribution >= 0.6 is 23.2 Å². The summed E-state index contributed by atoms with van der Waals surface area (Å²) in [6.07, 6.45) is 0.172. The molecule has 0 radical (unpaired) electrons. The summed E-state index contributed by atoms with van der Waals surface area (Å²) >= 11 is 13.2. The number of rotatable bonds is 11. The molecule has 0 spiro atoms. The van der Waals surface area contributed by atoms with E-state index in [1.807, 2.05) is 70.2 Å². The smallest absolute Gasteiger partial charge is 0.264 e. The van der Waals surface area contributed by atoms with Crippen molar-refractivity contribution in [3.05, 3.63) is 129 Å². The third kappa shape index (κ3) is 8.69. The van der Waals surface area contributed by atoms with Crippen molar-refractivity contribution >= 4 is 50.7 Å². The zero-order valence-electron chi connectivity index (χ0n) is 26.6. The Morgan fingerprint density at radius 3 is 2.00 bits per heavy atom. The van der Waals surface area contributed by atoms with E-state index in [0.29, 0.717) is 26.9 Å². The fourth-order valence-electron chi connectivity index (χ4n) is 5.08. The first-order chi connectivity index (χ1) is 21.7. The molecule has 4 rings (SSSR count). The van der Waals surface area contributed by atoms with Crippen LogP contribution in [0.3, 0.4) is 0 Å². The number of sulfonamides is 1. The summed E-state index contributed by atoms with van der Waals surface area (Å²) in [5.41, 5.74) is 2.53. The number of hydrogen-bond donors (Lipinski definition) is 1. The van der Waals surface area contributed by atoms with Gasteiger partial charge in [-0.1, -0.05) is 89.9 Å². The number of nitrogens with one attached hydrogen (secondary N) is 1. The van der Waals surface area contributed by atoms with E-state index in [4.69, 9.17) is 23.2 Å². The molecule has 242 valence electrons. The largest absolute Gasteiger partial charge is 0.350 e. The minimum atomic E-state index is -4.21. The Morgan fingerprint density at radius 2 is 1.41 bits per heavy atom. The van der Waals surface area contributed by atoms with E-state index in [2.05, 4.69) is 5.32 Å². The number of aryl methyl sites for hydroxylation is 2. The Kier molecular flexibility index (Phi) is 11.2. The van der Waals surface area contributed by atoms with Gasteiger partial charge >= 0.3 is 0 Å². The summed E-state index contributed by atoms with van der Waals surface area (Å²) in [6.45, 7) is 8.53. The van der Waals surface area contributed by atoms with Crippen LogP contribution in [0.4, 0.5) is 5.69 Å². The van der Waals surface area contributed by atoms with E-state index < -0.39 is 40.0 Å². The molecule has 0 bridgehead atoms. The lowest BCUT2D eigenvalue weighted by atomic mass is 10.0. The van der Waals surface area contributed by atoms with Gasteiger partial charge in [0.15, 0.2) is 0 Å². The van der Waals surface area contributed by atoms with Gasteiger partial charge in [-0.05, 0) is 81.6 Å². The molecule has 46 heavy (non-hydrogen) atoms. The number of carbonyl (C=O) groups excluding carboxylic acids is 2. The lowest BCUT2D eigenvalue weighted by Crippen LogP contribution is -2.56. The monoisotopic (exact) mass is 679 g/mol. The Morgan fingerprint density at radius 1 is 0.826 bits per heavy atom. The molecule has 0 aromatic heterocycles. The third-order valence-corrected chi connectivity index (χ3v) is 9.89. The van der Waals surface area contributed by atoms with Crippen molar-refractivity contribution in [2.75, 3.05) is 10.8 Å².